The third-order valence-electron chi connectivity index (χ3n) is 3.62. The first-order valence-electron chi connectivity index (χ1n) is 7.12. The van der Waals surface area contributed by atoms with E-state index in [2.05, 4.69) is 38.8 Å². The van der Waals surface area contributed by atoms with Crippen molar-refractivity contribution in [2.24, 2.45) is 0 Å². The van der Waals surface area contributed by atoms with Gasteiger partial charge in [-0.25, -0.2) is 0 Å². The molecule has 24 heavy (non-hydrogen) atoms. The molecule has 129 valence electrons. The van der Waals surface area contributed by atoms with E-state index in [-0.39, 0.29) is 0 Å². The van der Waals surface area contributed by atoms with E-state index < -0.39 is 0 Å². The molecule has 0 saturated heterocycles. The van der Waals surface area contributed by atoms with E-state index in [0.29, 0.717) is 29.4 Å². The van der Waals surface area contributed by atoms with E-state index in [0.717, 1.165) is 25.6 Å². The summed E-state index contributed by atoms with van der Waals surface area (Å²) in [7, 11) is 6.46. The SMILES string of the molecule is [CH2]c1cc(Cc2cc(OC)c(OC)c(Br)c2Br)c(OC)c(OC)c1. The Labute approximate surface area is 159 Å². The first-order valence-corrected chi connectivity index (χ1v) is 8.71. The summed E-state index contributed by atoms with van der Waals surface area (Å²) in [5, 5.41) is 0. The van der Waals surface area contributed by atoms with Gasteiger partial charge in [0.15, 0.2) is 23.0 Å². The van der Waals surface area contributed by atoms with E-state index in [1.54, 1.807) is 28.4 Å². The zero-order valence-electron chi connectivity index (χ0n) is 14.0. The van der Waals surface area contributed by atoms with Gasteiger partial charge in [-0.15, -0.1) is 0 Å². The van der Waals surface area contributed by atoms with Crippen LogP contribution < -0.4 is 18.9 Å². The summed E-state index contributed by atoms with van der Waals surface area (Å²) in [6, 6.07) is 5.77. The second-order valence-electron chi connectivity index (χ2n) is 5.07. The number of hydrogen-bond donors (Lipinski definition) is 0. The van der Waals surface area contributed by atoms with Crippen LogP contribution in [-0.4, -0.2) is 28.4 Å². The molecule has 0 aliphatic heterocycles. The zero-order valence-corrected chi connectivity index (χ0v) is 17.2. The number of halogens is 2. The highest BCUT2D eigenvalue weighted by Gasteiger charge is 2.19. The van der Waals surface area contributed by atoms with Gasteiger partial charge in [-0.05, 0) is 62.0 Å². The number of rotatable bonds is 6. The van der Waals surface area contributed by atoms with E-state index in [4.69, 9.17) is 18.9 Å². The normalized spacial score (nSPS) is 10.5. The Morgan fingerprint density at radius 2 is 1.33 bits per heavy atom. The fourth-order valence-electron chi connectivity index (χ4n) is 2.55. The van der Waals surface area contributed by atoms with Gasteiger partial charge in [0, 0.05) is 16.5 Å². The summed E-state index contributed by atoms with van der Waals surface area (Å²) in [5.41, 5.74) is 2.85. The minimum absolute atomic E-state index is 0.614. The molecular formula is C18H19Br2O4. The van der Waals surface area contributed by atoms with Crippen LogP contribution in [0.2, 0.25) is 0 Å². The molecule has 0 unspecified atom stereocenters. The second-order valence-corrected chi connectivity index (χ2v) is 6.65. The largest absolute Gasteiger partial charge is 0.493 e. The molecule has 0 atom stereocenters. The van der Waals surface area contributed by atoms with Crippen LogP contribution in [0.1, 0.15) is 16.7 Å². The average Bonchev–Trinajstić information content (AvgIpc) is 2.58. The molecule has 2 rings (SSSR count). The quantitative estimate of drug-likeness (QED) is 0.609. The minimum Gasteiger partial charge on any atom is -0.493 e. The molecule has 2 aromatic rings. The van der Waals surface area contributed by atoms with E-state index in [9.17, 15) is 0 Å². The van der Waals surface area contributed by atoms with Gasteiger partial charge in [-0.2, -0.15) is 0 Å². The van der Waals surface area contributed by atoms with Gasteiger partial charge >= 0.3 is 0 Å². The summed E-state index contributed by atoms with van der Waals surface area (Å²) in [5.74, 6) is 2.65. The first kappa shape index (κ1) is 18.9. The van der Waals surface area contributed by atoms with Gasteiger partial charge in [0.1, 0.15) is 0 Å². The third-order valence-corrected chi connectivity index (χ3v) is 5.82. The van der Waals surface area contributed by atoms with Crippen molar-refractivity contribution in [2.75, 3.05) is 28.4 Å². The summed E-state index contributed by atoms with van der Waals surface area (Å²) in [4.78, 5) is 0. The molecule has 0 aliphatic rings. The monoisotopic (exact) mass is 457 g/mol. The van der Waals surface area contributed by atoms with Gasteiger partial charge in [0.2, 0.25) is 0 Å². The molecule has 2 aromatic carbocycles. The van der Waals surface area contributed by atoms with Crippen LogP contribution in [0, 0.1) is 6.92 Å². The molecule has 0 amide bonds. The Balaban J connectivity index is 2.56. The lowest BCUT2D eigenvalue weighted by Gasteiger charge is -2.17. The average molecular weight is 459 g/mol. The molecule has 0 spiro atoms. The van der Waals surface area contributed by atoms with E-state index in [1.165, 1.54) is 0 Å². The molecule has 0 saturated carbocycles. The maximum atomic E-state index is 5.53. The predicted molar refractivity (Wildman–Crippen MR) is 102 cm³/mol. The lowest BCUT2D eigenvalue weighted by atomic mass is 10.0. The molecular weight excluding hydrogens is 440 g/mol. The van der Waals surface area contributed by atoms with Crippen molar-refractivity contribution in [1.29, 1.82) is 0 Å². The highest BCUT2D eigenvalue weighted by molar-refractivity contribution is 9.13. The molecule has 1 radical (unpaired) electrons. The molecule has 0 bridgehead atoms. The van der Waals surface area contributed by atoms with Crippen LogP contribution in [0.5, 0.6) is 23.0 Å². The van der Waals surface area contributed by atoms with Crippen molar-refractivity contribution >= 4 is 31.9 Å². The number of ether oxygens (including phenoxy) is 4. The van der Waals surface area contributed by atoms with Gasteiger partial charge in [-0.3, -0.25) is 0 Å². The zero-order chi connectivity index (χ0) is 17.9. The van der Waals surface area contributed by atoms with Gasteiger partial charge in [-0.1, -0.05) is 6.07 Å². The number of benzene rings is 2. The molecule has 0 aliphatic carbocycles. The van der Waals surface area contributed by atoms with Crippen LogP contribution in [0.3, 0.4) is 0 Å². The fourth-order valence-corrected chi connectivity index (χ4v) is 3.60. The van der Waals surface area contributed by atoms with Crippen LogP contribution in [0.15, 0.2) is 27.1 Å². The predicted octanol–water partition coefficient (Wildman–Crippen LogP) is 5.02. The van der Waals surface area contributed by atoms with Crippen molar-refractivity contribution in [3.63, 3.8) is 0 Å². The highest BCUT2D eigenvalue weighted by Crippen LogP contribution is 2.44. The molecule has 0 fully saturated rings. The Bertz CT molecular complexity index is 745. The maximum absolute atomic E-state index is 5.53. The second kappa shape index (κ2) is 8.12. The molecule has 6 heteroatoms. The van der Waals surface area contributed by atoms with Gasteiger partial charge in [0.25, 0.3) is 0 Å². The van der Waals surface area contributed by atoms with Crippen molar-refractivity contribution < 1.29 is 18.9 Å². The first-order chi connectivity index (χ1) is 11.5. The Morgan fingerprint density at radius 1 is 0.750 bits per heavy atom. The van der Waals surface area contributed by atoms with E-state index in [1.807, 2.05) is 18.2 Å². The van der Waals surface area contributed by atoms with Crippen LogP contribution >= 0.6 is 31.9 Å². The van der Waals surface area contributed by atoms with Crippen LogP contribution in [0.25, 0.3) is 0 Å². The lowest BCUT2D eigenvalue weighted by molar-refractivity contribution is 0.351. The van der Waals surface area contributed by atoms with Crippen molar-refractivity contribution in [1.82, 2.24) is 0 Å². The summed E-state index contributed by atoms with van der Waals surface area (Å²) in [6.07, 6.45) is 0.614. The van der Waals surface area contributed by atoms with Crippen LogP contribution in [0.4, 0.5) is 0 Å². The van der Waals surface area contributed by atoms with Crippen molar-refractivity contribution in [3.05, 3.63) is 50.8 Å². The highest BCUT2D eigenvalue weighted by atomic mass is 79.9. The molecule has 4 nitrogen and oxygen atoms in total. The molecule has 0 N–H and O–H groups in total. The van der Waals surface area contributed by atoms with E-state index >= 15 is 0 Å². The maximum Gasteiger partial charge on any atom is 0.176 e. The fraction of sp³-hybridized carbons (Fsp3) is 0.278. The molecule has 0 heterocycles. The van der Waals surface area contributed by atoms with Crippen molar-refractivity contribution in [3.8, 4) is 23.0 Å². The Kier molecular flexibility index (Phi) is 6.40. The van der Waals surface area contributed by atoms with Crippen molar-refractivity contribution in [2.45, 2.75) is 6.42 Å². The number of methoxy groups -OCH3 is 4. The van der Waals surface area contributed by atoms with Crippen LogP contribution in [-0.2, 0) is 6.42 Å². The molecule has 0 aromatic heterocycles. The standard InChI is InChI=1S/C18H19Br2O4/c1-10-6-12(17(23-4)13(7-10)21-2)8-11-9-14(22-3)18(24-5)16(20)15(11)19/h6-7,9H,1,8H2,2-5H3. The van der Waals surface area contributed by atoms with Gasteiger partial charge < -0.3 is 18.9 Å². The lowest BCUT2D eigenvalue weighted by Crippen LogP contribution is -2.01. The Hall–Kier alpha value is -1.40. The smallest absolute Gasteiger partial charge is 0.176 e. The topological polar surface area (TPSA) is 36.9 Å². The summed E-state index contributed by atoms with van der Waals surface area (Å²) in [6.45, 7) is 4.01. The number of hydrogen-bond acceptors (Lipinski definition) is 4. The van der Waals surface area contributed by atoms with Gasteiger partial charge in [0.05, 0.1) is 32.9 Å². The Morgan fingerprint density at radius 3 is 1.88 bits per heavy atom. The third kappa shape index (κ3) is 3.64. The summed E-state index contributed by atoms with van der Waals surface area (Å²) >= 11 is 7.18. The minimum atomic E-state index is 0.614. The summed E-state index contributed by atoms with van der Waals surface area (Å²) < 4.78 is 23.5.